The van der Waals surface area contributed by atoms with Crippen molar-refractivity contribution in [1.29, 1.82) is 0 Å². The van der Waals surface area contributed by atoms with Gasteiger partial charge in [0.15, 0.2) is 0 Å². The first-order chi connectivity index (χ1) is 22.7. The van der Waals surface area contributed by atoms with Gasteiger partial charge in [-0.2, -0.15) is 0 Å². The molecule has 0 spiro atoms. The fourth-order valence-corrected chi connectivity index (χ4v) is 7.34. The molecule has 4 aromatic rings. The summed E-state index contributed by atoms with van der Waals surface area (Å²) in [4.78, 5) is 26.5. The molecule has 6 rings (SSSR count). The van der Waals surface area contributed by atoms with E-state index < -0.39 is 84.6 Å². The molecule has 2 amide bonds. The van der Waals surface area contributed by atoms with Gasteiger partial charge in [0, 0.05) is 11.1 Å². The van der Waals surface area contributed by atoms with Crippen LogP contribution >= 0.6 is 11.8 Å². The molecule has 0 saturated carbocycles. The lowest BCUT2D eigenvalue weighted by molar-refractivity contribution is -0.175. The molecule has 2 saturated heterocycles. The van der Waals surface area contributed by atoms with Gasteiger partial charge in [-0.05, 0) is 45.8 Å². The number of nitrogens with one attached hydrogen (secondary N) is 2. The molecule has 12 nitrogen and oxygen atoms in total. The Morgan fingerprint density at radius 2 is 0.957 bits per heavy atom. The number of hydrogen-bond acceptors (Lipinski definition) is 11. The van der Waals surface area contributed by atoms with Gasteiger partial charge < -0.3 is 50.7 Å². The molecule has 0 aliphatic carbocycles. The van der Waals surface area contributed by atoms with Crippen LogP contribution in [0.4, 0.5) is 0 Å². The summed E-state index contributed by atoms with van der Waals surface area (Å²) in [5, 5.41) is 73.2. The zero-order valence-corrected chi connectivity index (χ0v) is 25.8. The van der Waals surface area contributed by atoms with E-state index in [1.165, 1.54) is 0 Å². The van der Waals surface area contributed by atoms with Gasteiger partial charge in [0.2, 0.25) is 0 Å². The van der Waals surface area contributed by atoms with Crippen molar-refractivity contribution in [3.63, 3.8) is 0 Å². The zero-order valence-electron chi connectivity index (χ0n) is 25.0. The molecule has 47 heavy (non-hydrogen) atoms. The molecule has 2 aliphatic rings. The molecule has 8 N–H and O–H groups in total. The van der Waals surface area contributed by atoms with Crippen molar-refractivity contribution < 1.29 is 49.7 Å². The maximum absolute atomic E-state index is 13.2. The normalized spacial score (nSPS) is 31.0. The van der Waals surface area contributed by atoms with Gasteiger partial charge in [-0.1, -0.05) is 72.4 Å². The highest BCUT2D eigenvalue weighted by Gasteiger charge is 2.50. The molecule has 10 atom stereocenters. The second-order valence-electron chi connectivity index (χ2n) is 11.7. The number of amides is 2. The highest BCUT2D eigenvalue weighted by molar-refractivity contribution is 8.00. The highest BCUT2D eigenvalue weighted by atomic mass is 32.2. The number of ether oxygens (including phenoxy) is 2. The number of aliphatic hydroxyl groups is 6. The summed E-state index contributed by atoms with van der Waals surface area (Å²) in [7, 11) is 0. The molecular formula is C34H36N2O10S. The Labute approximate surface area is 273 Å². The van der Waals surface area contributed by atoms with Gasteiger partial charge in [-0.3, -0.25) is 9.59 Å². The third-order valence-corrected chi connectivity index (χ3v) is 9.97. The van der Waals surface area contributed by atoms with E-state index in [4.69, 9.17) is 9.47 Å². The number of carbonyl (C=O) groups excluding carboxylic acids is 2. The third kappa shape index (κ3) is 6.85. The fourth-order valence-electron chi connectivity index (χ4n) is 6.00. The molecule has 2 fully saturated rings. The van der Waals surface area contributed by atoms with Crippen LogP contribution in [0.1, 0.15) is 20.7 Å². The quantitative estimate of drug-likeness (QED) is 0.131. The van der Waals surface area contributed by atoms with E-state index in [9.17, 15) is 40.2 Å². The number of rotatable bonds is 8. The lowest BCUT2D eigenvalue weighted by Gasteiger charge is -2.46. The summed E-state index contributed by atoms with van der Waals surface area (Å²) in [5.74, 6) is -1.15. The van der Waals surface area contributed by atoms with E-state index in [-0.39, 0.29) is 11.1 Å². The van der Waals surface area contributed by atoms with Crippen LogP contribution < -0.4 is 10.6 Å². The van der Waals surface area contributed by atoms with Crippen molar-refractivity contribution in [3.8, 4) is 0 Å². The second kappa shape index (κ2) is 14.2. The number of fused-ring (bicyclic) bond motifs is 2. The van der Waals surface area contributed by atoms with Crippen molar-refractivity contribution >= 4 is 45.1 Å². The van der Waals surface area contributed by atoms with Crippen molar-refractivity contribution in [2.45, 2.75) is 59.6 Å². The third-order valence-electron chi connectivity index (χ3n) is 8.66. The molecule has 2 aliphatic heterocycles. The van der Waals surface area contributed by atoms with E-state index in [1.807, 2.05) is 48.5 Å². The predicted molar refractivity (Wildman–Crippen MR) is 174 cm³/mol. The van der Waals surface area contributed by atoms with Crippen molar-refractivity contribution in [3.05, 3.63) is 96.1 Å². The Morgan fingerprint density at radius 3 is 1.34 bits per heavy atom. The molecule has 6 unspecified atom stereocenters. The average molecular weight is 665 g/mol. The van der Waals surface area contributed by atoms with Crippen LogP contribution in [0.3, 0.4) is 0 Å². The summed E-state index contributed by atoms with van der Waals surface area (Å²) < 4.78 is 11.5. The molecule has 2 heterocycles. The number of thioether (sulfide) groups is 1. The number of hydrogen-bond donors (Lipinski definition) is 8. The van der Waals surface area contributed by atoms with Crippen LogP contribution in [-0.2, 0) is 9.47 Å². The van der Waals surface area contributed by atoms with Gasteiger partial charge in [-0.25, -0.2) is 0 Å². The first-order valence-corrected chi connectivity index (χ1v) is 16.1. The highest BCUT2D eigenvalue weighted by Crippen LogP contribution is 2.37. The minimum atomic E-state index is -1.55. The second-order valence-corrected chi connectivity index (χ2v) is 12.9. The summed E-state index contributed by atoms with van der Waals surface area (Å²) in [6.07, 6.45) is -8.53. The van der Waals surface area contributed by atoms with E-state index in [1.54, 1.807) is 36.4 Å². The monoisotopic (exact) mass is 664 g/mol. The summed E-state index contributed by atoms with van der Waals surface area (Å²) >= 11 is 0.766. The standard InChI is InChI=1S/C34H36N2O10S/c37-15-23-27(39)25(35-31(43)21-11-9-17-5-1-3-7-19(17)13-21)29(41)33(45-23)47-34-30(42)26(28(40)24(16-38)46-34)36-32(44)22-12-10-18-6-2-4-8-20(18)14-22/h1-14,23-30,33-34,37-42H,15-16H2,(H,35,43)(H,36,44)/t23?,24?,25?,26?,27-,28-,29?,30?,33-,34-/m0/s1. The Kier molecular flexibility index (Phi) is 10.1. The summed E-state index contributed by atoms with van der Waals surface area (Å²) in [5.41, 5.74) is -1.95. The molecule has 0 bridgehead atoms. The average Bonchev–Trinajstić information content (AvgIpc) is 3.10. The largest absolute Gasteiger partial charge is 0.394 e. The van der Waals surface area contributed by atoms with Crippen LogP contribution in [0.15, 0.2) is 84.9 Å². The van der Waals surface area contributed by atoms with E-state index in [0.29, 0.717) is 0 Å². The van der Waals surface area contributed by atoms with Crippen LogP contribution in [0.25, 0.3) is 21.5 Å². The minimum Gasteiger partial charge on any atom is -0.394 e. The Morgan fingerprint density at radius 1 is 0.574 bits per heavy atom. The number of aliphatic hydroxyl groups excluding tert-OH is 6. The first-order valence-electron chi connectivity index (χ1n) is 15.2. The minimum absolute atomic E-state index is 0.287. The zero-order chi connectivity index (χ0) is 33.2. The fraction of sp³-hybridized carbons (Fsp3) is 0.353. The smallest absolute Gasteiger partial charge is 0.251 e. The van der Waals surface area contributed by atoms with Crippen molar-refractivity contribution in [2.75, 3.05) is 13.2 Å². The summed E-state index contributed by atoms with van der Waals surface area (Å²) in [6, 6.07) is 22.5. The van der Waals surface area contributed by atoms with Crippen molar-refractivity contribution in [1.82, 2.24) is 10.6 Å². The van der Waals surface area contributed by atoms with Gasteiger partial charge in [-0.15, -0.1) is 0 Å². The molecule has 0 radical (unpaired) electrons. The van der Waals surface area contributed by atoms with E-state index in [0.717, 1.165) is 33.3 Å². The molecule has 4 aromatic carbocycles. The maximum Gasteiger partial charge on any atom is 0.251 e. The van der Waals surface area contributed by atoms with Crippen molar-refractivity contribution in [2.24, 2.45) is 0 Å². The maximum atomic E-state index is 13.2. The van der Waals surface area contributed by atoms with Crippen LogP contribution in [0.2, 0.25) is 0 Å². The lowest BCUT2D eigenvalue weighted by atomic mass is 9.96. The summed E-state index contributed by atoms with van der Waals surface area (Å²) in [6.45, 7) is -1.30. The Bertz CT molecular complexity index is 1620. The lowest BCUT2D eigenvalue weighted by Crippen LogP contribution is -2.66. The molecule has 0 aromatic heterocycles. The Balaban J connectivity index is 1.18. The molecule has 248 valence electrons. The van der Waals surface area contributed by atoms with E-state index in [2.05, 4.69) is 10.6 Å². The van der Waals surface area contributed by atoms with Gasteiger partial charge in [0.25, 0.3) is 11.8 Å². The van der Waals surface area contributed by atoms with Crippen LogP contribution in [-0.4, -0.2) is 115 Å². The molecule has 13 heteroatoms. The molecular weight excluding hydrogens is 628 g/mol. The van der Waals surface area contributed by atoms with E-state index >= 15 is 0 Å². The van der Waals surface area contributed by atoms with Crippen LogP contribution in [0, 0.1) is 0 Å². The first kappa shape index (κ1) is 33.3. The number of benzene rings is 4. The topological polar surface area (TPSA) is 198 Å². The Hall–Kier alpha value is -3.63. The SMILES string of the molecule is O=C(NC1C(O)[C@H](S[C@@H]2OC(CO)[C@H](O)C(NC(=O)c3ccc4ccccc4c3)C2O)OC(CO)[C@@H]1O)c1ccc2ccccc2c1. The van der Waals surface area contributed by atoms with Gasteiger partial charge >= 0.3 is 0 Å². The van der Waals surface area contributed by atoms with Gasteiger partial charge in [0.05, 0.1) is 25.3 Å². The van der Waals surface area contributed by atoms with Crippen LogP contribution in [0.5, 0.6) is 0 Å². The number of carbonyl (C=O) groups is 2. The predicted octanol–water partition coefficient (Wildman–Crippen LogP) is 0.501. The van der Waals surface area contributed by atoms with Gasteiger partial charge in [0.1, 0.15) is 47.5 Å².